The van der Waals surface area contributed by atoms with Crippen molar-refractivity contribution in [1.82, 2.24) is 9.80 Å². The Morgan fingerprint density at radius 1 is 1.28 bits per heavy atom. The second kappa shape index (κ2) is 5.16. The first-order chi connectivity index (χ1) is 8.49. The minimum Gasteiger partial charge on any atom is -0.481 e. The van der Waals surface area contributed by atoms with E-state index in [1.54, 1.807) is 4.90 Å². The monoisotopic (exact) mass is 254 g/mol. The number of urea groups is 1. The molecule has 2 fully saturated rings. The van der Waals surface area contributed by atoms with Gasteiger partial charge in [0.05, 0.1) is 5.92 Å². The lowest BCUT2D eigenvalue weighted by atomic mass is 9.86. The number of carbonyl (C=O) groups is 2. The SMILES string of the molecule is CC1CCCC(N(C)C(=O)N2CC(C(=O)O)C2)C1. The van der Waals surface area contributed by atoms with E-state index in [-0.39, 0.29) is 11.9 Å². The molecule has 1 saturated carbocycles. The van der Waals surface area contributed by atoms with Crippen LogP contribution in [0, 0.1) is 11.8 Å². The molecule has 1 saturated heterocycles. The first-order valence-electron chi connectivity index (χ1n) is 6.73. The van der Waals surface area contributed by atoms with Crippen LogP contribution in [0.25, 0.3) is 0 Å². The summed E-state index contributed by atoms with van der Waals surface area (Å²) >= 11 is 0. The van der Waals surface area contributed by atoms with Crippen LogP contribution in [0.5, 0.6) is 0 Å². The second-order valence-corrected chi connectivity index (χ2v) is 5.76. The molecular formula is C13H22N2O3. The van der Waals surface area contributed by atoms with Crippen molar-refractivity contribution in [2.75, 3.05) is 20.1 Å². The predicted octanol–water partition coefficient (Wildman–Crippen LogP) is 1.63. The Morgan fingerprint density at radius 3 is 2.50 bits per heavy atom. The highest BCUT2D eigenvalue weighted by atomic mass is 16.4. The molecule has 102 valence electrons. The number of likely N-dealkylation sites (tertiary alicyclic amines) is 1. The van der Waals surface area contributed by atoms with Crippen LogP contribution in [0.4, 0.5) is 4.79 Å². The second-order valence-electron chi connectivity index (χ2n) is 5.76. The number of carbonyl (C=O) groups excluding carboxylic acids is 1. The number of carboxylic acids is 1. The van der Waals surface area contributed by atoms with E-state index in [9.17, 15) is 9.59 Å². The van der Waals surface area contributed by atoms with Gasteiger partial charge in [-0.2, -0.15) is 0 Å². The van der Waals surface area contributed by atoms with Crippen molar-refractivity contribution in [2.24, 2.45) is 11.8 Å². The molecular weight excluding hydrogens is 232 g/mol. The first kappa shape index (κ1) is 13.2. The molecule has 0 aromatic rings. The van der Waals surface area contributed by atoms with Crippen molar-refractivity contribution in [3.8, 4) is 0 Å². The lowest BCUT2D eigenvalue weighted by Crippen LogP contribution is -2.58. The molecule has 5 heteroatoms. The quantitative estimate of drug-likeness (QED) is 0.814. The van der Waals surface area contributed by atoms with E-state index in [1.807, 2.05) is 11.9 Å². The minimum absolute atomic E-state index is 0.00778. The van der Waals surface area contributed by atoms with Crippen LogP contribution in [-0.2, 0) is 4.79 Å². The van der Waals surface area contributed by atoms with Crippen LogP contribution in [0.1, 0.15) is 32.6 Å². The first-order valence-corrected chi connectivity index (χ1v) is 6.73. The molecule has 0 aromatic heterocycles. The molecule has 0 radical (unpaired) electrons. The highest BCUT2D eigenvalue weighted by Gasteiger charge is 2.38. The van der Waals surface area contributed by atoms with Gasteiger partial charge in [-0.3, -0.25) is 4.79 Å². The summed E-state index contributed by atoms with van der Waals surface area (Å²) in [4.78, 5) is 26.3. The van der Waals surface area contributed by atoms with Crippen molar-refractivity contribution in [3.63, 3.8) is 0 Å². The molecule has 2 atom stereocenters. The van der Waals surface area contributed by atoms with Gasteiger partial charge in [0, 0.05) is 26.2 Å². The zero-order chi connectivity index (χ0) is 13.3. The van der Waals surface area contributed by atoms with Gasteiger partial charge in [0.25, 0.3) is 0 Å². The Kier molecular flexibility index (Phi) is 3.78. The van der Waals surface area contributed by atoms with Gasteiger partial charge in [-0.05, 0) is 18.8 Å². The maximum absolute atomic E-state index is 12.2. The van der Waals surface area contributed by atoms with Gasteiger partial charge in [0.2, 0.25) is 0 Å². The van der Waals surface area contributed by atoms with Crippen molar-refractivity contribution in [2.45, 2.75) is 38.6 Å². The van der Waals surface area contributed by atoms with E-state index in [4.69, 9.17) is 5.11 Å². The zero-order valence-electron chi connectivity index (χ0n) is 11.1. The van der Waals surface area contributed by atoms with Crippen molar-refractivity contribution >= 4 is 12.0 Å². The summed E-state index contributed by atoms with van der Waals surface area (Å²) in [5, 5.41) is 8.80. The maximum atomic E-state index is 12.2. The topological polar surface area (TPSA) is 60.9 Å². The van der Waals surface area contributed by atoms with Gasteiger partial charge >= 0.3 is 12.0 Å². The lowest BCUT2D eigenvalue weighted by molar-refractivity contribution is -0.146. The van der Waals surface area contributed by atoms with Crippen LogP contribution in [0.3, 0.4) is 0 Å². The third-order valence-corrected chi connectivity index (χ3v) is 4.26. The summed E-state index contributed by atoms with van der Waals surface area (Å²) in [6, 6.07) is 0.316. The molecule has 5 nitrogen and oxygen atoms in total. The number of nitrogens with zero attached hydrogens (tertiary/aromatic N) is 2. The Labute approximate surface area is 108 Å². The molecule has 2 rings (SSSR count). The summed E-state index contributed by atoms with van der Waals surface area (Å²) < 4.78 is 0. The van der Waals surface area contributed by atoms with E-state index in [0.29, 0.717) is 25.0 Å². The summed E-state index contributed by atoms with van der Waals surface area (Å²) in [6.45, 7) is 2.95. The van der Waals surface area contributed by atoms with Gasteiger partial charge in [0.1, 0.15) is 0 Å². The van der Waals surface area contributed by atoms with Gasteiger partial charge in [0.15, 0.2) is 0 Å². The number of amides is 2. The Hall–Kier alpha value is -1.26. The average Bonchev–Trinajstić information content (AvgIpc) is 2.25. The van der Waals surface area contributed by atoms with Crippen LogP contribution >= 0.6 is 0 Å². The molecule has 2 amide bonds. The molecule has 1 heterocycles. The molecule has 1 aliphatic heterocycles. The van der Waals surface area contributed by atoms with Gasteiger partial charge in [-0.15, -0.1) is 0 Å². The molecule has 2 unspecified atom stereocenters. The normalized spacial score (nSPS) is 28.7. The van der Waals surface area contributed by atoms with Crippen molar-refractivity contribution < 1.29 is 14.7 Å². The van der Waals surface area contributed by atoms with Crippen LogP contribution in [0.2, 0.25) is 0 Å². The maximum Gasteiger partial charge on any atom is 0.320 e. The standard InChI is InChI=1S/C13H22N2O3/c1-9-4-3-5-11(6-9)14(2)13(18)15-7-10(8-15)12(16)17/h9-11H,3-8H2,1-2H3,(H,16,17). The zero-order valence-corrected chi connectivity index (χ0v) is 11.1. The van der Waals surface area contributed by atoms with E-state index < -0.39 is 5.97 Å². The summed E-state index contributed by atoms with van der Waals surface area (Å²) in [5.41, 5.74) is 0. The van der Waals surface area contributed by atoms with Crippen molar-refractivity contribution in [1.29, 1.82) is 0 Å². The molecule has 18 heavy (non-hydrogen) atoms. The number of aliphatic carboxylic acids is 1. The van der Waals surface area contributed by atoms with E-state index in [1.165, 1.54) is 12.8 Å². The lowest BCUT2D eigenvalue weighted by Gasteiger charge is -2.42. The Balaban J connectivity index is 1.84. The minimum atomic E-state index is -0.798. The molecule has 2 aliphatic rings. The molecule has 1 aliphatic carbocycles. The molecule has 0 spiro atoms. The number of carboxylic acid groups (broad SMARTS) is 1. The molecule has 1 N–H and O–H groups in total. The number of rotatable bonds is 2. The summed E-state index contributed by atoms with van der Waals surface area (Å²) in [6.07, 6.45) is 4.58. The van der Waals surface area contributed by atoms with Gasteiger partial charge in [-0.25, -0.2) is 4.79 Å². The average molecular weight is 254 g/mol. The van der Waals surface area contributed by atoms with E-state index in [0.717, 1.165) is 12.8 Å². The number of hydrogen-bond donors (Lipinski definition) is 1. The molecule has 0 aromatic carbocycles. The Bertz CT molecular complexity index is 339. The van der Waals surface area contributed by atoms with Crippen LogP contribution in [0.15, 0.2) is 0 Å². The third-order valence-electron chi connectivity index (χ3n) is 4.26. The van der Waals surface area contributed by atoms with E-state index >= 15 is 0 Å². The highest BCUT2D eigenvalue weighted by molar-refractivity contribution is 5.79. The fourth-order valence-electron chi connectivity index (χ4n) is 2.92. The summed E-state index contributed by atoms with van der Waals surface area (Å²) in [5.74, 6) is -0.484. The fraction of sp³-hybridized carbons (Fsp3) is 0.846. The highest BCUT2D eigenvalue weighted by Crippen LogP contribution is 2.28. The smallest absolute Gasteiger partial charge is 0.320 e. The fourth-order valence-corrected chi connectivity index (χ4v) is 2.92. The predicted molar refractivity (Wildman–Crippen MR) is 67.3 cm³/mol. The molecule has 0 bridgehead atoms. The Morgan fingerprint density at radius 2 is 1.94 bits per heavy atom. The number of hydrogen-bond acceptors (Lipinski definition) is 2. The van der Waals surface area contributed by atoms with Crippen molar-refractivity contribution in [3.05, 3.63) is 0 Å². The van der Waals surface area contributed by atoms with Crippen LogP contribution < -0.4 is 0 Å². The van der Waals surface area contributed by atoms with Crippen LogP contribution in [-0.4, -0.2) is 53.1 Å². The third kappa shape index (κ3) is 2.60. The largest absolute Gasteiger partial charge is 0.481 e. The van der Waals surface area contributed by atoms with Gasteiger partial charge < -0.3 is 14.9 Å². The summed E-state index contributed by atoms with van der Waals surface area (Å²) in [7, 11) is 1.85. The van der Waals surface area contributed by atoms with Gasteiger partial charge in [-0.1, -0.05) is 19.8 Å². The van der Waals surface area contributed by atoms with E-state index in [2.05, 4.69) is 6.92 Å².